The number of aliphatic hydroxyl groups is 2. The summed E-state index contributed by atoms with van der Waals surface area (Å²) in [4.78, 5) is 76.6. The van der Waals surface area contributed by atoms with Crippen LogP contribution in [0.5, 0.6) is 23.0 Å². The summed E-state index contributed by atoms with van der Waals surface area (Å²) >= 11 is 0. The maximum absolute atomic E-state index is 13.7. The Kier molecular flexibility index (Phi) is 14.6. The number of hydrogen-bond acceptors (Lipinski definition) is 16. The second kappa shape index (κ2) is 19.7. The van der Waals surface area contributed by atoms with E-state index < -0.39 is 69.3 Å². The van der Waals surface area contributed by atoms with E-state index in [1.54, 1.807) is 24.3 Å². The number of amides is 2. The fourth-order valence-corrected chi connectivity index (χ4v) is 6.83. The first kappa shape index (κ1) is 43.6. The summed E-state index contributed by atoms with van der Waals surface area (Å²) < 4.78 is 32.6. The number of nitro benzene ring substituents is 2. The zero-order valence-corrected chi connectivity index (χ0v) is 32.5. The molecule has 4 atom stereocenters. The predicted molar refractivity (Wildman–Crippen MR) is 203 cm³/mol. The number of likely N-dealkylation sites (tertiary alicyclic amines) is 2. The Morgan fingerprint density at radius 2 is 1.10 bits per heavy atom. The lowest BCUT2D eigenvalue weighted by Crippen LogP contribution is -2.41. The summed E-state index contributed by atoms with van der Waals surface area (Å²) in [7, 11) is 3.55. The summed E-state index contributed by atoms with van der Waals surface area (Å²) in [5.41, 5.74) is -1.19. The number of hydrogen-bond donors (Lipinski definition) is 2. The van der Waals surface area contributed by atoms with E-state index in [2.05, 4.69) is 0 Å². The number of rotatable bonds is 18. The molecule has 5 rings (SSSR count). The molecule has 3 aromatic rings. The first-order chi connectivity index (χ1) is 28.3. The van der Waals surface area contributed by atoms with Crippen LogP contribution in [0.2, 0.25) is 0 Å². The second-order valence-corrected chi connectivity index (χ2v) is 13.7. The van der Waals surface area contributed by atoms with Gasteiger partial charge in [0.1, 0.15) is 29.8 Å². The van der Waals surface area contributed by atoms with Gasteiger partial charge in [0, 0.05) is 38.1 Å². The van der Waals surface area contributed by atoms with Crippen LogP contribution in [0.15, 0.2) is 54.6 Å². The molecule has 0 aromatic heterocycles. The van der Waals surface area contributed by atoms with Gasteiger partial charge in [0.15, 0.2) is 23.0 Å². The van der Waals surface area contributed by atoms with Crippen molar-refractivity contribution in [1.82, 2.24) is 9.80 Å². The predicted octanol–water partition coefficient (Wildman–Crippen LogP) is 3.22. The van der Waals surface area contributed by atoms with Crippen LogP contribution in [-0.2, 0) is 25.7 Å². The number of β-amino-alcohol motifs (C(OH)–C–C–N with tert-alkyl or cyclic N) is 2. The quantitative estimate of drug-likeness (QED) is 0.0808. The summed E-state index contributed by atoms with van der Waals surface area (Å²) in [6.07, 6.45) is -0.919. The van der Waals surface area contributed by atoms with Crippen molar-refractivity contribution in [2.24, 2.45) is 0 Å². The van der Waals surface area contributed by atoms with Crippen LogP contribution in [0.3, 0.4) is 0 Å². The lowest BCUT2D eigenvalue weighted by atomic mass is 10.1. The summed E-state index contributed by atoms with van der Waals surface area (Å²) in [6.45, 7) is -0.324. The van der Waals surface area contributed by atoms with Crippen molar-refractivity contribution in [2.45, 2.75) is 63.0 Å². The van der Waals surface area contributed by atoms with E-state index in [1.807, 2.05) is 6.07 Å². The van der Waals surface area contributed by atoms with Gasteiger partial charge in [-0.2, -0.15) is 0 Å². The lowest BCUT2D eigenvalue weighted by Gasteiger charge is -2.23. The third kappa shape index (κ3) is 10.3. The van der Waals surface area contributed by atoms with Gasteiger partial charge in [0.05, 0.1) is 68.7 Å². The topological polar surface area (TPSA) is 257 Å². The number of nitro groups is 2. The molecule has 2 aliphatic rings. The van der Waals surface area contributed by atoms with Crippen molar-refractivity contribution < 1.29 is 67.7 Å². The smallest absolute Gasteiger partial charge is 0.328 e. The molecule has 2 aliphatic heterocycles. The molecule has 2 heterocycles. The number of aliphatic hydroxyl groups excluding tert-OH is 2. The maximum atomic E-state index is 13.7. The van der Waals surface area contributed by atoms with Gasteiger partial charge in [-0.1, -0.05) is 30.3 Å². The molecule has 0 spiro atoms. The largest absolute Gasteiger partial charge is 0.493 e. The van der Waals surface area contributed by atoms with Crippen LogP contribution in [0, 0.1) is 20.2 Å². The van der Waals surface area contributed by atoms with E-state index in [-0.39, 0.29) is 79.9 Å². The molecule has 2 amide bonds. The molecule has 2 saturated heterocycles. The zero-order chi connectivity index (χ0) is 42.8. The van der Waals surface area contributed by atoms with Crippen molar-refractivity contribution in [2.75, 3.05) is 47.6 Å². The van der Waals surface area contributed by atoms with Crippen molar-refractivity contribution in [3.63, 3.8) is 0 Å². The molecule has 0 bridgehead atoms. The summed E-state index contributed by atoms with van der Waals surface area (Å²) in [5, 5.41) is 44.7. The van der Waals surface area contributed by atoms with Crippen LogP contribution >= 0.6 is 0 Å². The lowest BCUT2D eigenvalue weighted by molar-refractivity contribution is -0.385. The van der Waals surface area contributed by atoms with E-state index in [1.165, 1.54) is 13.2 Å². The van der Waals surface area contributed by atoms with E-state index in [4.69, 9.17) is 28.4 Å². The standard InChI is InChI=1S/C39H44N4O16/c1-54-32-16-26(36(46)40-20-24(44)14-30(40)38(48)55-2)28(42(50)51)18-34(32)57-12-8-5-9-13-58-35-19-29(43(52)53)27(17-33(35)59-22-23-10-6-4-7-11-23)37(47)41-21-25(45)15-31(41)39(49)56-3/h4,6-7,10-11,16-19,24-25,30-31,44-45H,5,8-9,12-15,20-22H2,1-3H3/t24?,25-,30?,31+/m1/s1. The molecular weight excluding hydrogens is 780 g/mol. The Morgan fingerprint density at radius 1 is 0.661 bits per heavy atom. The monoisotopic (exact) mass is 824 g/mol. The van der Waals surface area contributed by atoms with Gasteiger partial charge in [-0.3, -0.25) is 29.8 Å². The molecule has 0 radical (unpaired) electrons. The minimum atomic E-state index is -1.14. The van der Waals surface area contributed by atoms with Crippen molar-refractivity contribution in [3.05, 3.63) is 91.5 Å². The number of nitrogens with zero attached hydrogens (tertiary/aromatic N) is 4. The molecule has 2 fully saturated rings. The van der Waals surface area contributed by atoms with E-state index >= 15 is 0 Å². The Balaban J connectivity index is 1.25. The average Bonchev–Trinajstić information content (AvgIpc) is 3.83. The number of benzene rings is 3. The Labute approximate surface area is 337 Å². The third-order valence-corrected chi connectivity index (χ3v) is 9.77. The normalized spacial score (nSPS) is 18.5. The molecule has 59 heavy (non-hydrogen) atoms. The SMILES string of the molecule is COC(=O)C1CC(O)CN1C(=O)c1cc(OC)c(OCCCCCOc2cc([N+](=O)[O-])c(C(=O)N3C[C@H](O)C[C@H]3C(=O)OC)cc2OCc2ccccc2)cc1[N+](=O)[O-]. The first-order valence-corrected chi connectivity index (χ1v) is 18.5. The van der Waals surface area contributed by atoms with Crippen molar-refractivity contribution >= 4 is 35.1 Å². The Bertz CT molecular complexity index is 2050. The van der Waals surface area contributed by atoms with Gasteiger partial charge in [0.2, 0.25) is 0 Å². The average molecular weight is 825 g/mol. The van der Waals surface area contributed by atoms with E-state index in [0.29, 0.717) is 19.3 Å². The Hall–Kier alpha value is -6.54. The number of esters is 2. The molecule has 0 aliphatic carbocycles. The molecule has 20 nitrogen and oxygen atoms in total. The minimum Gasteiger partial charge on any atom is -0.493 e. The van der Waals surface area contributed by atoms with Crippen molar-refractivity contribution in [1.29, 1.82) is 0 Å². The highest BCUT2D eigenvalue weighted by Crippen LogP contribution is 2.39. The van der Waals surface area contributed by atoms with Crippen LogP contribution in [0.1, 0.15) is 58.4 Å². The van der Waals surface area contributed by atoms with Gasteiger partial charge in [-0.05, 0) is 24.8 Å². The molecule has 2 unspecified atom stereocenters. The number of methoxy groups -OCH3 is 3. The number of ether oxygens (including phenoxy) is 6. The summed E-state index contributed by atoms with van der Waals surface area (Å²) in [6, 6.07) is 11.2. The summed E-state index contributed by atoms with van der Waals surface area (Å²) in [5.74, 6) is -3.27. The molecule has 20 heteroatoms. The fourth-order valence-electron chi connectivity index (χ4n) is 6.83. The van der Waals surface area contributed by atoms with Gasteiger partial charge in [0.25, 0.3) is 23.2 Å². The van der Waals surface area contributed by atoms with Crippen LogP contribution in [0.4, 0.5) is 11.4 Å². The van der Waals surface area contributed by atoms with Gasteiger partial charge >= 0.3 is 11.9 Å². The molecule has 316 valence electrons. The van der Waals surface area contributed by atoms with E-state index in [0.717, 1.165) is 47.8 Å². The molecule has 3 aromatic carbocycles. The van der Waals surface area contributed by atoms with Crippen LogP contribution in [0.25, 0.3) is 0 Å². The van der Waals surface area contributed by atoms with Crippen LogP contribution in [-0.4, -0.2) is 126 Å². The molecule has 0 saturated carbocycles. The highest BCUT2D eigenvalue weighted by atomic mass is 16.6. The van der Waals surface area contributed by atoms with Gasteiger partial charge in [-0.15, -0.1) is 0 Å². The Morgan fingerprint density at radius 3 is 1.54 bits per heavy atom. The molecular formula is C39H44N4O16. The van der Waals surface area contributed by atoms with Gasteiger partial charge in [-0.25, -0.2) is 9.59 Å². The molecule has 2 N–H and O–H groups in total. The number of carbonyl (C=O) groups is 4. The number of carbonyl (C=O) groups excluding carboxylic acids is 4. The maximum Gasteiger partial charge on any atom is 0.328 e. The fraction of sp³-hybridized carbons (Fsp3) is 0.436. The first-order valence-electron chi connectivity index (χ1n) is 18.5. The van der Waals surface area contributed by atoms with E-state index in [9.17, 15) is 49.6 Å². The highest BCUT2D eigenvalue weighted by Gasteiger charge is 2.43. The van der Waals surface area contributed by atoms with Crippen LogP contribution < -0.4 is 18.9 Å². The minimum absolute atomic E-state index is 0.0125. The van der Waals surface area contributed by atoms with Gasteiger partial charge < -0.3 is 48.4 Å². The third-order valence-electron chi connectivity index (χ3n) is 9.77. The number of unbranched alkanes of at least 4 members (excludes halogenated alkanes) is 2. The zero-order valence-electron chi connectivity index (χ0n) is 32.5. The highest BCUT2D eigenvalue weighted by molar-refractivity contribution is 6.02. The van der Waals surface area contributed by atoms with Crippen molar-refractivity contribution in [3.8, 4) is 23.0 Å². The second-order valence-electron chi connectivity index (χ2n) is 13.7.